The molecule has 110 valence electrons. The molecule has 0 bridgehead atoms. The second kappa shape index (κ2) is 6.45. The van der Waals surface area contributed by atoms with Crippen molar-refractivity contribution in [3.8, 4) is 0 Å². The van der Waals surface area contributed by atoms with Gasteiger partial charge in [0.25, 0.3) is 0 Å². The van der Waals surface area contributed by atoms with Crippen LogP contribution in [0.15, 0.2) is 27.1 Å². The highest BCUT2D eigenvalue weighted by Gasteiger charge is 2.35. The summed E-state index contributed by atoms with van der Waals surface area (Å²) in [5.41, 5.74) is 0.0713. The molecule has 0 radical (unpaired) electrons. The van der Waals surface area contributed by atoms with E-state index in [0.29, 0.717) is 32.2 Å². The molecule has 0 atom stereocenters. The Kier molecular flexibility index (Phi) is 5.09. The molecule has 2 rings (SSSR count). The van der Waals surface area contributed by atoms with Crippen LogP contribution < -0.4 is 5.32 Å². The van der Waals surface area contributed by atoms with Crippen LogP contribution in [0.4, 0.5) is 5.69 Å². The molecule has 6 heteroatoms. The highest BCUT2D eigenvalue weighted by atomic mass is 79.9. The van der Waals surface area contributed by atoms with E-state index in [-0.39, 0.29) is 5.92 Å². The number of carboxylic acids is 1. The summed E-state index contributed by atoms with van der Waals surface area (Å²) in [7, 11) is 0. The van der Waals surface area contributed by atoms with Crippen molar-refractivity contribution in [1.82, 2.24) is 0 Å². The lowest BCUT2D eigenvalue weighted by Crippen LogP contribution is -2.41. The van der Waals surface area contributed by atoms with Crippen LogP contribution in [-0.4, -0.2) is 28.3 Å². The molecular weight excluding hydrogens is 390 g/mol. The predicted molar refractivity (Wildman–Crippen MR) is 84.9 cm³/mol. The number of hydrogen-bond acceptors (Lipinski definition) is 3. The molecule has 1 aromatic rings. The van der Waals surface area contributed by atoms with Gasteiger partial charge in [0.05, 0.1) is 17.2 Å². The molecule has 0 unspecified atom stereocenters. The third kappa shape index (κ3) is 3.74. The minimum absolute atomic E-state index is 0.314. The molecule has 0 heterocycles. The highest BCUT2D eigenvalue weighted by Crippen LogP contribution is 2.35. The van der Waals surface area contributed by atoms with Crippen molar-refractivity contribution in [3.05, 3.63) is 27.1 Å². The quantitative estimate of drug-likeness (QED) is 0.714. The number of aliphatic hydroxyl groups is 1. The molecule has 20 heavy (non-hydrogen) atoms. The Morgan fingerprint density at radius 1 is 1.30 bits per heavy atom. The second-order valence-corrected chi connectivity index (χ2v) is 7.00. The Hall–Kier alpha value is -0.590. The first-order chi connectivity index (χ1) is 9.41. The minimum Gasteiger partial charge on any atom is -0.481 e. The van der Waals surface area contributed by atoms with Gasteiger partial charge in [-0.25, -0.2) is 0 Å². The van der Waals surface area contributed by atoms with Gasteiger partial charge in [-0.2, -0.15) is 0 Å². The third-order valence-corrected chi connectivity index (χ3v) is 5.14. The molecule has 1 aromatic carbocycles. The minimum atomic E-state index is -0.833. The van der Waals surface area contributed by atoms with Crippen LogP contribution in [0.25, 0.3) is 0 Å². The summed E-state index contributed by atoms with van der Waals surface area (Å²) in [5, 5.41) is 22.8. The topological polar surface area (TPSA) is 69.6 Å². The number of aliphatic carboxylic acids is 1. The number of para-hydroxylation sites is 1. The monoisotopic (exact) mass is 405 g/mol. The van der Waals surface area contributed by atoms with Gasteiger partial charge in [0.15, 0.2) is 0 Å². The zero-order valence-electron chi connectivity index (χ0n) is 10.9. The first kappa shape index (κ1) is 15.8. The fraction of sp³-hybridized carbons (Fsp3) is 0.500. The largest absolute Gasteiger partial charge is 0.481 e. The van der Waals surface area contributed by atoms with Gasteiger partial charge in [0.1, 0.15) is 0 Å². The average Bonchev–Trinajstić information content (AvgIpc) is 2.38. The zero-order chi connectivity index (χ0) is 14.8. The molecule has 1 aliphatic carbocycles. The lowest BCUT2D eigenvalue weighted by atomic mass is 9.79. The summed E-state index contributed by atoms with van der Waals surface area (Å²) >= 11 is 6.93. The SMILES string of the molecule is O=C(O)C1CCC(O)(CNc2c(Br)cccc2Br)CC1. The van der Waals surface area contributed by atoms with Gasteiger partial charge in [-0.15, -0.1) is 0 Å². The van der Waals surface area contributed by atoms with Crippen LogP contribution in [0.3, 0.4) is 0 Å². The standard InChI is InChI=1S/C14H17Br2NO3/c15-10-2-1-3-11(16)12(10)17-8-14(20)6-4-9(5-7-14)13(18)19/h1-3,9,17,20H,4-8H2,(H,18,19). The van der Waals surface area contributed by atoms with Gasteiger partial charge in [0.2, 0.25) is 0 Å². The van der Waals surface area contributed by atoms with Gasteiger partial charge in [-0.05, 0) is 69.7 Å². The summed E-state index contributed by atoms with van der Waals surface area (Å²) < 4.78 is 1.85. The number of anilines is 1. The molecule has 1 fully saturated rings. The van der Waals surface area contributed by atoms with Crippen molar-refractivity contribution in [1.29, 1.82) is 0 Å². The summed E-state index contributed by atoms with van der Waals surface area (Å²) in [5.74, 6) is -1.07. The summed E-state index contributed by atoms with van der Waals surface area (Å²) in [6.45, 7) is 0.417. The van der Waals surface area contributed by atoms with E-state index < -0.39 is 11.6 Å². The van der Waals surface area contributed by atoms with Crippen LogP contribution in [0.2, 0.25) is 0 Å². The molecule has 0 saturated heterocycles. The molecule has 4 nitrogen and oxygen atoms in total. The maximum atomic E-state index is 10.9. The molecule has 3 N–H and O–H groups in total. The smallest absolute Gasteiger partial charge is 0.306 e. The fourth-order valence-electron chi connectivity index (χ4n) is 2.50. The van der Waals surface area contributed by atoms with E-state index in [1.54, 1.807) is 0 Å². The fourth-order valence-corrected chi connectivity index (χ4v) is 3.78. The van der Waals surface area contributed by atoms with E-state index in [2.05, 4.69) is 37.2 Å². The Morgan fingerprint density at radius 3 is 2.35 bits per heavy atom. The van der Waals surface area contributed by atoms with E-state index >= 15 is 0 Å². The van der Waals surface area contributed by atoms with Crippen LogP contribution in [-0.2, 0) is 4.79 Å². The predicted octanol–water partition coefficient (Wildman–Crippen LogP) is 3.63. The summed E-state index contributed by atoms with van der Waals surface area (Å²) in [4.78, 5) is 10.9. The van der Waals surface area contributed by atoms with Gasteiger partial charge < -0.3 is 15.5 Å². The average molecular weight is 407 g/mol. The van der Waals surface area contributed by atoms with Crippen molar-refractivity contribution < 1.29 is 15.0 Å². The number of rotatable bonds is 4. The van der Waals surface area contributed by atoms with Gasteiger partial charge >= 0.3 is 5.97 Å². The van der Waals surface area contributed by atoms with Crippen molar-refractivity contribution in [2.45, 2.75) is 31.3 Å². The number of nitrogens with one attached hydrogen (secondary N) is 1. The zero-order valence-corrected chi connectivity index (χ0v) is 14.1. The van der Waals surface area contributed by atoms with E-state index in [9.17, 15) is 9.90 Å². The molecule has 0 spiro atoms. The van der Waals surface area contributed by atoms with Crippen molar-refractivity contribution in [3.63, 3.8) is 0 Å². The normalized spacial score (nSPS) is 26.2. The van der Waals surface area contributed by atoms with E-state index in [4.69, 9.17) is 5.11 Å². The Balaban J connectivity index is 1.96. The number of hydrogen-bond donors (Lipinski definition) is 3. The Bertz CT molecular complexity index is 479. The highest BCUT2D eigenvalue weighted by molar-refractivity contribution is 9.11. The number of carbonyl (C=O) groups is 1. The lowest BCUT2D eigenvalue weighted by Gasteiger charge is -2.35. The Labute approximate surface area is 134 Å². The third-order valence-electron chi connectivity index (χ3n) is 3.82. The molecular formula is C14H17Br2NO3. The number of benzene rings is 1. The Morgan fingerprint density at radius 2 is 1.85 bits per heavy atom. The van der Waals surface area contributed by atoms with Crippen LogP contribution in [0.1, 0.15) is 25.7 Å². The second-order valence-electron chi connectivity index (χ2n) is 5.29. The van der Waals surface area contributed by atoms with Crippen LogP contribution in [0.5, 0.6) is 0 Å². The van der Waals surface area contributed by atoms with Crippen molar-refractivity contribution in [2.75, 3.05) is 11.9 Å². The van der Waals surface area contributed by atoms with Crippen molar-refractivity contribution >= 4 is 43.5 Å². The van der Waals surface area contributed by atoms with E-state index in [0.717, 1.165) is 14.6 Å². The maximum Gasteiger partial charge on any atom is 0.306 e. The first-order valence-electron chi connectivity index (χ1n) is 6.54. The van der Waals surface area contributed by atoms with Gasteiger partial charge in [0, 0.05) is 15.5 Å². The molecule has 0 aliphatic heterocycles. The van der Waals surface area contributed by atoms with E-state index in [1.807, 2.05) is 18.2 Å². The van der Waals surface area contributed by atoms with E-state index in [1.165, 1.54) is 0 Å². The molecule has 1 aliphatic rings. The first-order valence-corrected chi connectivity index (χ1v) is 8.13. The number of carboxylic acid groups (broad SMARTS) is 1. The molecule has 1 saturated carbocycles. The lowest BCUT2D eigenvalue weighted by molar-refractivity contribution is -0.144. The summed E-state index contributed by atoms with van der Waals surface area (Å²) in [6, 6.07) is 5.78. The summed E-state index contributed by atoms with van der Waals surface area (Å²) in [6.07, 6.45) is 2.09. The number of halogens is 2. The van der Waals surface area contributed by atoms with Crippen LogP contribution >= 0.6 is 31.9 Å². The molecule has 0 aromatic heterocycles. The van der Waals surface area contributed by atoms with Gasteiger partial charge in [-0.1, -0.05) is 6.07 Å². The van der Waals surface area contributed by atoms with Gasteiger partial charge in [-0.3, -0.25) is 4.79 Å². The maximum absolute atomic E-state index is 10.9. The van der Waals surface area contributed by atoms with Crippen molar-refractivity contribution in [2.24, 2.45) is 5.92 Å². The van der Waals surface area contributed by atoms with Crippen LogP contribution in [0, 0.1) is 5.92 Å². The molecule has 0 amide bonds.